The molecule has 4 rings (SSSR count). The Kier molecular flexibility index (Phi) is 6.38. The second-order valence-corrected chi connectivity index (χ2v) is 8.25. The van der Waals surface area contributed by atoms with Crippen molar-refractivity contribution in [2.75, 3.05) is 19.6 Å². The Morgan fingerprint density at radius 1 is 1.07 bits per heavy atom. The zero-order valence-corrected chi connectivity index (χ0v) is 17.6. The van der Waals surface area contributed by atoms with Crippen LogP contribution >= 0.6 is 11.6 Å². The summed E-state index contributed by atoms with van der Waals surface area (Å²) in [5.41, 5.74) is 1.83. The summed E-state index contributed by atoms with van der Waals surface area (Å²) in [4.78, 5) is 27.2. The monoisotopic (exact) mass is 423 g/mol. The Balaban J connectivity index is 1.26. The first-order valence-corrected chi connectivity index (χ1v) is 10.9. The van der Waals surface area contributed by atoms with Crippen molar-refractivity contribution < 1.29 is 9.59 Å². The molecule has 1 aliphatic heterocycles. The van der Waals surface area contributed by atoms with E-state index < -0.39 is 0 Å². The summed E-state index contributed by atoms with van der Waals surface area (Å²) in [5.74, 6) is -0.146. The molecule has 0 saturated carbocycles. The van der Waals surface area contributed by atoms with Crippen LogP contribution in [0.5, 0.6) is 0 Å². The Hall–Kier alpha value is -2.79. The molecule has 1 aromatic heterocycles. The molecule has 0 unspecified atom stereocenters. The Bertz CT molecular complexity index is 1030. The lowest BCUT2D eigenvalue weighted by molar-refractivity contribution is -0.126. The second-order valence-electron chi connectivity index (χ2n) is 7.81. The van der Waals surface area contributed by atoms with Gasteiger partial charge in [0.2, 0.25) is 5.91 Å². The minimum absolute atomic E-state index is 0.0383. The summed E-state index contributed by atoms with van der Waals surface area (Å²) in [7, 11) is 0. The molecule has 6 heteroatoms. The molecule has 1 atom stereocenters. The van der Waals surface area contributed by atoms with Gasteiger partial charge in [0.1, 0.15) is 0 Å². The van der Waals surface area contributed by atoms with Gasteiger partial charge in [-0.3, -0.25) is 9.59 Å². The second kappa shape index (κ2) is 9.35. The molecule has 0 spiro atoms. The standard InChI is InChI=1S/C24H26ClN3O2/c25-21-10-8-19(9-11-21)24(30)28-14-3-6-20(17-28)23(29)26-13-4-15-27-16-12-18-5-1-2-7-22(18)27/h1-2,5,7-12,16,20H,3-4,6,13-15,17H2,(H,26,29)/t20-/m1/s1. The number of hydrogen-bond donors (Lipinski definition) is 1. The number of nitrogens with zero attached hydrogens (tertiary/aromatic N) is 2. The first-order chi connectivity index (χ1) is 14.6. The molecule has 2 amide bonds. The van der Waals surface area contributed by atoms with Crippen LogP contribution in [0.15, 0.2) is 60.8 Å². The third-order valence-electron chi connectivity index (χ3n) is 5.73. The molecule has 1 saturated heterocycles. The third kappa shape index (κ3) is 4.68. The fourth-order valence-corrected chi connectivity index (χ4v) is 4.22. The lowest BCUT2D eigenvalue weighted by atomic mass is 9.96. The minimum Gasteiger partial charge on any atom is -0.356 e. The van der Waals surface area contributed by atoms with Crippen molar-refractivity contribution >= 4 is 34.3 Å². The smallest absolute Gasteiger partial charge is 0.253 e. The molecule has 1 N–H and O–H groups in total. The number of rotatable bonds is 6. The van der Waals surface area contributed by atoms with Gasteiger partial charge in [0.25, 0.3) is 5.91 Å². The van der Waals surface area contributed by atoms with Crippen LogP contribution < -0.4 is 5.32 Å². The maximum absolute atomic E-state index is 12.7. The van der Waals surface area contributed by atoms with Crippen LogP contribution in [0.3, 0.4) is 0 Å². The number of hydrogen-bond acceptors (Lipinski definition) is 2. The van der Waals surface area contributed by atoms with E-state index in [2.05, 4.69) is 34.3 Å². The van der Waals surface area contributed by atoms with Crippen molar-refractivity contribution in [1.82, 2.24) is 14.8 Å². The van der Waals surface area contributed by atoms with E-state index in [0.717, 1.165) is 25.8 Å². The van der Waals surface area contributed by atoms with Gasteiger partial charge in [0, 0.05) is 48.5 Å². The molecule has 2 heterocycles. The fourth-order valence-electron chi connectivity index (χ4n) is 4.09. The number of fused-ring (bicyclic) bond motifs is 1. The van der Waals surface area contributed by atoms with Crippen molar-refractivity contribution in [3.63, 3.8) is 0 Å². The van der Waals surface area contributed by atoms with Crippen LogP contribution in [0.1, 0.15) is 29.6 Å². The zero-order chi connectivity index (χ0) is 20.9. The number of halogens is 1. The summed E-state index contributed by atoms with van der Waals surface area (Å²) in [6.45, 7) is 2.65. The largest absolute Gasteiger partial charge is 0.356 e. The van der Waals surface area contributed by atoms with Crippen LogP contribution in [-0.4, -0.2) is 40.9 Å². The van der Waals surface area contributed by atoms with Crippen molar-refractivity contribution in [2.24, 2.45) is 5.92 Å². The molecule has 0 radical (unpaired) electrons. The predicted octanol–water partition coefficient (Wildman–Crippen LogP) is 4.35. The Labute approximate surface area is 181 Å². The van der Waals surface area contributed by atoms with Crippen LogP contribution in [0.4, 0.5) is 0 Å². The highest BCUT2D eigenvalue weighted by Gasteiger charge is 2.28. The van der Waals surface area contributed by atoms with E-state index in [0.29, 0.717) is 30.2 Å². The maximum Gasteiger partial charge on any atom is 0.253 e. The van der Waals surface area contributed by atoms with E-state index in [1.54, 1.807) is 29.2 Å². The molecular weight excluding hydrogens is 398 g/mol. The molecule has 30 heavy (non-hydrogen) atoms. The molecule has 1 aliphatic rings. The number of amides is 2. The Morgan fingerprint density at radius 3 is 2.70 bits per heavy atom. The number of aryl methyl sites for hydroxylation is 1. The highest BCUT2D eigenvalue weighted by molar-refractivity contribution is 6.30. The van der Waals surface area contributed by atoms with E-state index >= 15 is 0 Å². The number of carbonyl (C=O) groups is 2. The van der Waals surface area contributed by atoms with Gasteiger partial charge in [-0.2, -0.15) is 0 Å². The fraction of sp³-hybridized carbons (Fsp3) is 0.333. The number of carbonyl (C=O) groups excluding carboxylic acids is 2. The van der Waals surface area contributed by atoms with E-state index in [1.165, 1.54) is 10.9 Å². The molecule has 5 nitrogen and oxygen atoms in total. The van der Waals surface area contributed by atoms with Crippen molar-refractivity contribution in [3.05, 3.63) is 71.4 Å². The topological polar surface area (TPSA) is 54.3 Å². The van der Waals surface area contributed by atoms with E-state index in [-0.39, 0.29) is 17.7 Å². The molecule has 2 aromatic carbocycles. The summed E-state index contributed by atoms with van der Waals surface area (Å²) in [6.07, 6.45) is 4.61. The van der Waals surface area contributed by atoms with Gasteiger partial charge in [-0.15, -0.1) is 0 Å². The van der Waals surface area contributed by atoms with Gasteiger partial charge in [-0.05, 0) is 61.0 Å². The summed E-state index contributed by atoms with van der Waals surface area (Å²) >= 11 is 5.91. The lowest BCUT2D eigenvalue weighted by Gasteiger charge is -2.32. The average molecular weight is 424 g/mol. The van der Waals surface area contributed by atoms with Gasteiger partial charge >= 0.3 is 0 Å². The van der Waals surface area contributed by atoms with Gasteiger partial charge in [-0.25, -0.2) is 0 Å². The molecule has 3 aromatic rings. The third-order valence-corrected chi connectivity index (χ3v) is 5.98. The van der Waals surface area contributed by atoms with E-state index in [1.807, 2.05) is 12.1 Å². The SMILES string of the molecule is O=C(NCCCn1ccc2ccccc21)[C@@H]1CCCN(C(=O)c2ccc(Cl)cc2)C1. The van der Waals surface area contributed by atoms with Gasteiger partial charge in [0.05, 0.1) is 5.92 Å². The van der Waals surface area contributed by atoms with Crippen LogP contribution in [0, 0.1) is 5.92 Å². The zero-order valence-electron chi connectivity index (χ0n) is 16.9. The minimum atomic E-state index is -0.151. The summed E-state index contributed by atoms with van der Waals surface area (Å²) < 4.78 is 2.22. The average Bonchev–Trinajstić information content (AvgIpc) is 3.20. The number of nitrogens with one attached hydrogen (secondary N) is 1. The van der Waals surface area contributed by atoms with Crippen molar-refractivity contribution in [1.29, 1.82) is 0 Å². The molecule has 156 valence electrons. The molecule has 0 aliphatic carbocycles. The van der Waals surface area contributed by atoms with Crippen molar-refractivity contribution in [3.8, 4) is 0 Å². The molecule has 1 fully saturated rings. The Morgan fingerprint density at radius 2 is 1.87 bits per heavy atom. The number of likely N-dealkylation sites (tertiary alicyclic amines) is 1. The van der Waals surface area contributed by atoms with Crippen LogP contribution in [0.25, 0.3) is 10.9 Å². The number of benzene rings is 2. The van der Waals surface area contributed by atoms with Crippen LogP contribution in [0.2, 0.25) is 5.02 Å². The lowest BCUT2D eigenvalue weighted by Crippen LogP contribution is -2.45. The highest BCUT2D eigenvalue weighted by Crippen LogP contribution is 2.20. The first kappa shape index (κ1) is 20.5. The van der Waals surface area contributed by atoms with Gasteiger partial charge < -0.3 is 14.8 Å². The molecule has 0 bridgehead atoms. The van der Waals surface area contributed by atoms with E-state index in [4.69, 9.17) is 11.6 Å². The summed E-state index contributed by atoms with van der Waals surface area (Å²) in [5, 5.41) is 4.90. The maximum atomic E-state index is 12.7. The number of para-hydroxylation sites is 1. The van der Waals surface area contributed by atoms with Crippen molar-refractivity contribution in [2.45, 2.75) is 25.8 Å². The number of piperidine rings is 1. The quantitative estimate of drug-likeness (QED) is 0.599. The van der Waals surface area contributed by atoms with Gasteiger partial charge in [-0.1, -0.05) is 29.8 Å². The molecular formula is C24H26ClN3O2. The van der Waals surface area contributed by atoms with Gasteiger partial charge in [0.15, 0.2) is 0 Å². The normalized spacial score (nSPS) is 16.6. The van der Waals surface area contributed by atoms with Crippen LogP contribution in [-0.2, 0) is 11.3 Å². The highest BCUT2D eigenvalue weighted by atomic mass is 35.5. The number of aromatic nitrogens is 1. The van der Waals surface area contributed by atoms with E-state index in [9.17, 15) is 9.59 Å². The first-order valence-electron chi connectivity index (χ1n) is 10.5. The predicted molar refractivity (Wildman–Crippen MR) is 120 cm³/mol. The summed E-state index contributed by atoms with van der Waals surface area (Å²) in [6, 6.07) is 17.3.